The fourth-order valence-electron chi connectivity index (χ4n) is 0.833. The number of hydrogen-bond acceptors (Lipinski definition) is 5. The fourth-order valence-corrected chi connectivity index (χ4v) is 1.24. The van der Waals surface area contributed by atoms with Crippen molar-refractivity contribution in [1.29, 1.82) is 0 Å². The quantitative estimate of drug-likeness (QED) is 0.207. The van der Waals surface area contributed by atoms with Crippen molar-refractivity contribution in [3.8, 4) is 5.75 Å². The predicted octanol–water partition coefficient (Wildman–Crippen LogP) is 1.77. The predicted molar refractivity (Wildman–Crippen MR) is 54.1 cm³/mol. The van der Waals surface area contributed by atoms with Gasteiger partial charge in [0.1, 0.15) is 5.75 Å². The van der Waals surface area contributed by atoms with Gasteiger partial charge in [-0.1, -0.05) is 5.16 Å². The number of esters is 1. The number of carbonyl (C=O) groups is 1. The smallest absolute Gasteiger partial charge is 0.358 e. The Morgan fingerprint density at radius 1 is 1.50 bits per heavy atom. The van der Waals surface area contributed by atoms with Crippen LogP contribution in [0.25, 0.3) is 0 Å². The highest BCUT2D eigenvalue weighted by Crippen LogP contribution is 2.18. The van der Waals surface area contributed by atoms with Gasteiger partial charge in [0.25, 0.3) is 0 Å². The van der Waals surface area contributed by atoms with E-state index in [1.165, 1.54) is 0 Å². The average Bonchev–Trinajstić information content (AvgIpc) is 2.19. The molecule has 0 unspecified atom stereocenters. The molecule has 0 saturated carbocycles. The largest absolute Gasteiger partial charge is 0.422 e. The molecule has 0 aliphatic heterocycles. The van der Waals surface area contributed by atoms with Crippen LogP contribution in [-0.4, -0.2) is 23.6 Å². The Morgan fingerprint density at radius 3 is 2.64 bits per heavy atom. The molecule has 0 aliphatic carbocycles. The second-order valence-electron chi connectivity index (χ2n) is 2.34. The Balaban J connectivity index is 2.64. The summed E-state index contributed by atoms with van der Waals surface area (Å²) < 4.78 is 4.80. The molecule has 0 aromatic heterocycles. The van der Waals surface area contributed by atoms with Crippen molar-refractivity contribution in [2.75, 3.05) is 6.26 Å². The fraction of sp³-hybridized carbons (Fsp3) is 0.111. The van der Waals surface area contributed by atoms with Gasteiger partial charge in [0.2, 0.25) is 0 Å². The molecule has 0 heterocycles. The molecule has 0 atom stereocenters. The maximum absolute atomic E-state index is 10.8. The number of benzene rings is 1. The summed E-state index contributed by atoms with van der Waals surface area (Å²) in [7, 11) is 0. The lowest BCUT2D eigenvalue weighted by molar-refractivity contribution is -0.126. The summed E-state index contributed by atoms with van der Waals surface area (Å²) in [6.45, 7) is 0. The van der Waals surface area contributed by atoms with Gasteiger partial charge < -0.3 is 9.94 Å². The van der Waals surface area contributed by atoms with E-state index in [0.717, 1.165) is 4.90 Å². The van der Waals surface area contributed by atoms with E-state index < -0.39 is 5.97 Å². The van der Waals surface area contributed by atoms with E-state index in [-0.39, 0.29) is 0 Å². The molecule has 0 bridgehead atoms. The van der Waals surface area contributed by atoms with Crippen LogP contribution in [0.2, 0.25) is 0 Å². The molecule has 0 amide bonds. The standard InChI is InChI=1S/C9H9NO3S/c1-14-8-4-2-7(3-5-8)13-9(11)6-10-12/h2-6,12H,1H3/b10-6+. The lowest BCUT2D eigenvalue weighted by Gasteiger charge is -2.00. The first-order valence-electron chi connectivity index (χ1n) is 3.79. The van der Waals surface area contributed by atoms with E-state index in [4.69, 9.17) is 9.94 Å². The van der Waals surface area contributed by atoms with Crippen LogP contribution in [0, 0.1) is 0 Å². The van der Waals surface area contributed by atoms with Gasteiger partial charge in [0.05, 0.1) is 0 Å². The summed E-state index contributed by atoms with van der Waals surface area (Å²) in [5.41, 5.74) is 0. The topological polar surface area (TPSA) is 58.9 Å². The number of nitrogens with zero attached hydrogens (tertiary/aromatic N) is 1. The normalized spacial score (nSPS) is 10.4. The van der Waals surface area contributed by atoms with Gasteiger partial charge in [-0.3, -0.25) is 0 Å². The zero-order chi connectivity index (χ0) is 10.4. The molecular weight excluding hydrogens is 202 g/mol. The number of hydrogen-bond donors (Lipinski definition) is 1. The highest BCUT2D eigenvalue weighted by atomic mass is 32.2. The molecule has 1 rings (SSSR count). The summed E-state index contributed by atoms with van der Waals surface area (Å²) in [5, 5.41) is 10.6. The monoisotopic (exact) mass is 211 g/mol. The van der Waals surface area contributed by atoms with Gasteiger partial charge in [0, 0.05) is 4.90 Å². The maximum Gasteiger partial charge on any atom is 0.358 e. The van der Waals surface area contributed by atoms with Crippen molar-refractivity contribution >= 4 is 23.9 Å². The van der Waals surface area contributed by atoms with Crippen LogP contribution in [0.5, 0.6) is 5.75 Å². The summed E-state index contributed by atoms with van der Waals surface area (Å²) >= 11 is 1.60. The van der Waals surface area contributed by atoms with Crippen LogP contribution in [0.15, 0.2) is 34.3 Å². The first-order chi connectivity index (χ1) is 6.76. The number of oxime groups is 1. The van der Waals surface area contributed by atoms with E-state index in [0.29, 0.717) is 12.0 Å². The maximum atomic E-state index is 10.8. The van der Waals surface area contributed by atoms with Crippen LogP contribution >= 0.6 is 11.8 Å². The van der Waals surface area contributed by atoms with Gasteiger partial charge >= 0.3 is 5.97 Å². The Kier molecular flexibility index (Phi) is 4.00. The molecule has 1 aromatic rings. The minimum absolute atomic E-state index is 0.424. The minimum atomic E-state index is -0.704. The minimum Gasteiger partial charge on any atom is -0.422 e. The molecule has 5 heteroatoms. The molecule has 0 saturated heterocycles. The number of carbonyl (C=O) groups excluding carboxylic acids is 1. The number of rotatable bonds is 3. The van der Waals surface area contributed by atoms with E-state index in [1.807, 2.05) is 18.4 Å². The number of ether oxygens (including phenoxy) is 1. The van der Waals surface area contributed by atoms with Crippen LogP contribution in [0.4, 0.5) is 0 Å². The highest BCUT2D eigenvalue weighted by Gasteiger charge is 2.00. The van der Waals surface area contributed by atoms with Gasteiger partial charge in [-0.05, 0) is 30.5 Å². The molecule has 14 heavy (non-hydrogen) atoms. The van der Waals surface area contributed by atoms with Crippen molar-refractivity contribution in [3.63, 3.8) is 0 Å². The Bertz CT molecular complexity index is 334. The van der Waals surface area contributed by atoms with Crippen LogP contribution in [0.1, 0.15) is 0 Å². The molecule has 4 nitrogen and oxygen atoms in total. The molecular formula is C9H9NO3S. The van der Waals surface area contributed by atoms with Crippen molar-refractivity contribution in [1.82, 2.24) is 0 Å². The SMILES string of the molecule is CSc1ccc(OC(=O)/C=N/O)cc1. The summed E-state index contributed by atoms with van der Waals surface area (Å²) in [4.78, 5) is 11.9. The molecule has 0 radical (unpaired) electrons. The first kappa shape index (κ1) is 10.6. The molecule has 0 fully saturated rings. The zero-order valence-corrected chi connectivity index (χ0v) is 8.32. The first-order valence-corrected chi connectivity index (χ1v) is 5.02. The lowest BCUT2D eigenvalue weighted by Crippen LogP contribution is -2.08. The van der Waals surface area contributed by atoms with E-state index in [2.05, 4.69) is 5.16 Å². The summed E-state index contributed by atoms with van der Waals surface area (Å²) in [5.74, 6) is -0.280. The Hall–Kier alpha value is -1.49. The number of thioether (sulfide) groups is 1. The van der Waals surface area contributed by atoms with E-state index in [1.54, 1.807) is 23.9 Å². The summed E-state index contributed by atoms with van der Waals surface area (Å²) in [6.07, 6.45) is 2.65. The van der Waals surface area contributed by atoms with E-state index in [9.17, 15) is 4.79 Å². The van der Waals surface area contributed by atoms with Gasteiger partial charge in [-0.2, -0.15) is 0 Å². The van der Waals surface area contributed by atoms with E-state index >= 15 is 0 Å². The van der Waals surface area contributed by atoms with Crippen molar-refractivity contribution < 1.29 is 14.7 Å². The average molecular weight is 211 g/mol. The van der Waals surface area contributed by atoms with Gasteiger partial charge in [-0.25, -0.2) is 4.79 Å². The van der Waals surface area contributed by atoms with Crippen LogP contribution in [-0.2, 0) is 4.79 Å². The highest BCUT2D eigenvalue weighted by molar-refractivity contribution is 7.98. The molecule has 74 valence electrons. The zero-order valence-electron chi connectivity index (χ0n) is 7.51. The van der Waals surface area contributed by atoms with Crippen molar-refractivity contribution in [2.45, 2.75) is 4.90 Å². The van der Waals surface area contributed by atoms with Crippen LogP contribution in [0.3, 0.4) is 0 Å². The van der Waals surface area contributed by atoms with Gasteiger partial charge in [-0.15, -0.1) is 11.8 Å². The van der Waals surface area contributed by atoms with Crippen LogP contribution < -0.4 is 4.74 Å². The molecule has 1 N–H and O–H groups in total. The Labute approximate surface area is 85.6 Å². The molecule has 0 aliphatic rings. The third-order valence-electron chi connectivity index (χ3n) is 1.44. The van der Waals surface area contributed by atoms with Crippen molar-refractivity contribution in [3.05, 3.63) is 24.3 Å². The summed E-state index contributed by atoms with van der Waals surface area (Å²) in [6, 6.07) is 7.02. The molecule has 0 spiro atoms. The Morgan fingerprint density at radius 2 is 2.14 bits per heavy atom. The third-order valence-corrected chi connectivity index (χ3v) is 2.18. The second-order valence-corrected chi connectivity index (χ2v) is 3.22. The van der Waals surface area contributed by atoms with Gasteiger partial charge in [0.15, 0.2) is 6.21 Å². The molecule has 1 aromatic carbocycles. The van der Waals surface area contributed by atoms with Crippen molar-refractivity contribution in [2.24, 2.45) is 5.16 Å². The second kappa shape index (κ2) is 5.29. The lowest BCUT2D eigenvalue weighted by atomic mass is 10.3. The third kappa shape index (κ3) is 3.10.